The summed E-state index contributed by atoms with van der Waals surface area (Å²) in [5.41, 5.74) is 1.01. The second kappa shape index (κ2) is 7.39. The molecular formula is C17H24Cl2N2O. The fraction of sp³-hybridized carbons (Fsp3) is 0.647. The molecule has 1 aliphatic carbocycles. The predicted molar refractivity (Wildman–Crippen MR) is 92.0 cm³/mol. The Morgan fingerprint density at radius 1 is 1.23 bits per heavy atom. The largest absolute Gasteiger partial charge is 0.489 e. The van der Waals surface area contributed by atoms with E-state index >= 15 is 0 Å². The summed E-state index contributed by atoms with van der Waals surface area (Å²) in [4.78, 5) is 2.41. The molecular weight excluding hydrogens is 319 g/mol. The van der Waals surface area contributed by atoms with E-state index in [2.05, 4.69) is 10.2 Å². The molecule has 0 aromatic heterocycles. The molecule has 22 heavy (non-hydrogen) atoms. The zero-order valence-electron chi connectivity index (χ0n) is 13.1. The Balaban J connectivity index is 1.64. The minimum absolute atomic E-state index is 0.289. The first-order chi connectivity index (χ1) is 10.7. The first-order valence-electron chi connectivity index (χ1n) is 8.18. The third-order valence-corrected chi connectivity index (χ3v) is 5.48. The lowest BCUT2D eigenvalue weighted by atomic mass is 9.82. The van der Waals surface area contributed by atoms with E-state index in [-0.39, 0.29) is 6.10 Å². The number of likely N-dealkylation sites (tertiary alicyclic amines) is 1. The Hall–Kier alpha value is -0.480. The maximum atomic E-state index is 6.57. The van der Waals surface area contributed by atoms with Crippen molar-refractivity contribution in [3.63, 3.8) is 0 Å². The van der Waals surface area contributed by atoms with Crippen LogP contribution in [0.1, 0.15) is 31.2 Å². The fourth-order valence-corrected chi connectivity index (χ4v) is 3.92. The quantitative estimate of drug-likeness (QED) is 0.846. The van der Waals surface area contributed by atoms with Crippen LogP contribution in [0.15, 0.2) is 12.1 Å². The minimum atomic E-state index is 0.289. The molecule has 0 amide bonds. The van der Waals surface area contributed by atoms with E-state index < -0.39 is 0 Å². The van der Waals surface area contributed by atoms with Crippen molar-refractivity contribution in [3.8, 4) is 5.75 Å². The van der Waals surface area contributed by atoms with Crippen LogP contribution in [0.25, 0.3) is 0 Å². The zero-order valence-corrected chi connectivity index (χ0v) is 14.6. The molecule has 1 aromatic carbocycles. The van der Waals surface area contributed by atoms with Crippen LogP contribution in [0.2, 0.25) is 10.0 Å². The number of rotatable bonds is 6. The molecule has 3 rings (SSSR count). The van der Waals surface area contributed by atoms with Gasteiger partial charge >= 0.3 is 0 Å². The van der Waals surface area contributed by atoms with Crippen molar-refractivity contribution in [2.24, 2.45) is 5.92 Å². The molecule has 0 unspecified atom stereocenters. The van der Waals surface area contributed by atoms with Gasteiger partial charge in [-0.25, -0.2) is 0 Å². The first kappa shape index (κ1) is 16.4. The highest BCUT2D eigenvalue weighted by molar-refractivity contribution is 6.36. The molecule has 0 bridgehead atoms. The van der Waals surface area contributed by atoms with Crippen LogP contribution in [0.5, 0.6) is 5.75 Å². The summed E-state index contributed by atoms with van der Waals surface area (Å²) in [7, 11) is 1.99. The van der Waals surface area contributed by atoms with E-state index in [0.717, 1.165) is 61.3 Å². The van der Waals surface area contributed by atoms with Crippen LogP contribution in [0.4, 0.5) is 0 Å². The summed E-state index contributed by atoms with van der Waals surface area (Å²) in [6.07, 6.45) is 5.01. The first-order valence-corrected chi connectivity index (χ1v) is 8.93. The number of nitrogens with zero attached hydrogens (tertiary/aromatic N) is 1. The van der Waals surface area contributed by atoms with Crippen LogP contribution in [-0.2, 0) is 6.54 Å². The molecule has 1 saturated heterocycles. The number of ether oxygens (including phenoxy) is 1. The lowest BCUT2D eigenvalue weighted by Gasteiger charge is -2.35. The van der Waals surface area contributed by atoms with Crippen molar-refractivity contribution >= 4 is 23.2 Å². The Kier molecular flexibility index (Phi) is 5.50. The van der Waals surface area contributed by atoms with Gasteiger partial charge in [0.05, 0.1) is 11.1 Å². The summed E-state index contributed by atoms with van der Waals surface area (Å²) in [6, 6.07) is 3.82. The summed E-state index contributed by atoms with van der Waals surface area (Å²) in [6.45, 7) is 4.15. The van der Waals surface area contributed by atoms with Crippen LogP contribution < -0.4 is 10.1 Å². The van der Waals surface area contributed by atoms with Crippen LogP contribution in [0.3, 0.4) is 0 Å². The summed E-state index contributed by atoms with van der Waals surface area (Å²) in [5, 5.41) is 4.65. The van der Waals surface area contributed by atoms with E-state index in [4.69, 9.17) is 27.9 Å². The molecule has 1 aliphatic heterocycles. The van der Waals surface area contributed by atoms with Crippen LogP contribution in [0, 0.1) is 5.92 Å². The molecule has 122 valence electrons. The SMILES string of the molecule is CNC[C@H]1C[C@H](Oc2ccc(Cl)c(CN3CCCC3)c2Cl)C1. The standard InChI is InChI=1S/C17H24Cl2N2O/c1-20-10-12-8-13(9-12)22-16-5-4-15(18)14(17(16)19)11-21-6-2-3-7-21/h4-5,12-13,20H,2-3,6-11H2,1H3/t12-,13-. The van der Waals surface area contributed by atoms with Crippen molar-refractivity contribution < 1.29 is 4.74 Å². The molecule has 5 heteroatoms. The molecule has 1 N–H and O–H groups in total. The van der Waals surface area contributed by atoms with Gasteiger partial charge in [0.15, 0.2) is 0 Å². The van der Waals surface area contributed by atoms with Crippen LogP contribution in [-0.4, -0.2) is 37.7 Å². The predicted octanol–water partition coefficient (Wildman–Crippen LogP) is 3.97. The average Bonchev–Trinajstić information content (AvgIpc) is 2.97. The van der Waals surface area contributed by atoms with E-state index in [1.165, 1.54) is 12.8 Å². The third-order valence-electron chi connectivity index (χ3n) is 4.71. The lowest BCUT2D eigenvalue weighted by molar-refractivity contribution is 0.0657. The maximum absolute atomic E-state index is 6.57. The molecule has 0 radical (unpaired) electrons. The van der Waals surface area contributed by atoms with Gasteiger partial charge < -0.3 is 10.1 Å². The van der Waals surface area contributed by atoms with Gasteiger partial charge in [0.25, 0.3) is 0 Å². The molecule has 1 heterocycles. The Labute approximate surface area is 142 Å². The molecule has 1 saturated carbocycles. The van der Waals surface area contributed by atoms with Crippen LogP contribution >= 0.6 is 23.2 Å². The van der Waals surface area contributed by atoms with Crippen molar-refractivity contribution in [2.75, 3.05) is 26.7 Å². The highest BCUT2D eigenvalue weighted by Crippen LogP contribution is 2.38. The Bertz CT molecular complexity index is 512. The lowest BCUT2D eigenvalue weighted by Crippen LogP contribution is -2.38. The second-order valence-electron chi connectivity index (χ2n) is 6.46. The van der Waals surface area contributed by atoms with Gasteiger partial charge in [0.1, 0.15) is 5.75 Å². The zero-order chi connectivity index (χ0) is 15.5. The van der Waals surface area contributed by atoms with Crippen molar-refractivity contribution in [2.45, 2.75) is 38.3 Å². The number of halogens is 2. The molecule has 0 spiro atoms. The Morgan fingerprint density at radius 3 is 2.64 bits per heavy atom. The highest BCUT2D eigenvalue weighted by Gasteiger charge is 2.31. The van der Waals surface area contributed by atoms with E-state index in [9.17, 15) is 0 Å². The summed E-state index contributed by atoms with van der Waals surface area (Å²) in [5.74, 6) is 1.51. The topological polar surface area (TPSA) is 24.5 Å². The number of hydrogen-bond donors (Lipinski definition) is 1. The Morgan fingerprint density at radius 2 is 1.95 bits per heavy atom. The van der Waals surface area contributed by atoms with E-state index in [1.54, 1.807) is 0 Å². The number of benzene rings is 1. The second-order valence-corrected chi connectivity index (χ2v) is 7.24. The normalized spacial score (nSPS) is 25.2. The van der Waals surface area contributed by atoms with Gasteiger partial charge in [-0.05, 0) is 70.4 Å². The van der Waals surface area contributed by atoms with Gasteiger partial charge in [0.2, 0.25) is 0 Å². The molecule has 2 fully saturated rings. The van der Waals surface area contributed by atoms with Gasteiger partial charge in [-0.15, -0.1) is 0 Å². The smallest absolute Gasteiger partial charge is 0.138 e. The summed E-state index contributed by atoms with van der Waals surface area (Å²) >= 11 is 12.9. The van der Waals surface area contributed by atoms with E-state index in [0.29, 0.717) is 5.02 Å². The van der Waals surface area contributed by atoms with Gasteiger partial charge in [-0.2, -0.15) is 0 Å². The van der Waals surface area contributed by atoms with Crippen molar-refractivity contribution in [1.29, 1.82) is 0 Å². The number of hydrogen-bond acceptors (Lipinski definition) is 3. The highest BCUT2D eigenvalue weighted by atomic mass is 35.5. The van der Waals surface area contributed by atoms with Crippen molar-refractivity contribution in [1.82, 2.24) is 10.2 Å². The molecule has 2 aliphatic rings. The van der Waals surface area contributed by atoms with Gasteiger partial charge in [0, 0.05) is 17.1 Å². The fourth-order valence-electron chi connectivity index (χ4n) is 3.38. The third kappa shape index (κ3) is 3.70. The van der Waals surface area contributed by atoms with E-state index in [1.807, 2.05) is 19.2 Å². The minimum Gasteiger partial charge on any atom is -0.489 e. The maximum Gasteiger partial charge on any atom is 0.138 e. The van der Waals surface area contributed by atoms with Gasteiger partial charge in [-0.3, -0.25) is 4.90 Å². The van der Waals surface area contributed by atoms with Gasteiger partial charge in [-0.1, -0.05) is 23.2 Å². The molecule has 1 aromatic rings. The molecule has 0 atom stereocenters. The average molecular weight is 343 g/mol. The number of nitrogens with one attached hydrogen (secondary N) is 1. The van der Waals surface area contributed by atoms with Crippen molar-refractivity contribution in [3.05, 3.63) is 27.7 Å². The summed E-state index contributed by atoms with van der Waals surface area (Å²) < 4.78 is 6.08. The monoisotopic (exact) mass is 342 g/mol. The molecule has 3 nitrogen and oxygen atoms in total.